The average Bonchev–Trinajstić information content (AvgIpc) is 3.21. The van der Waals surface area contributed by atoms with Gasteiger partial charge in [0.2, 0.25) is 0 Å². The highest BCUT2D eigenvalue weighted by molar-refractivity contribution is 7.99. The van der Waals surface area contributed by atoms with Crippen LogP contribution >= 0.6 is 11.8 Å². The predicted octanol–water partition coefficient (Wildman–Crippen LogP) is 3.88. The van der Waals surface area contributed by atoms with Crippen LogP contribution in [0.3, 0.4) is 0 Å². The minimum atomic E-state index is -3.95. The maximum absolute atomic E-state index is 12.5. The van der Waals surface area contributed by atoms with Crippen LogP contribution in [0.1, 0.15) is 11.1 Å². The van der Waals surface area contributed by atoms with E-state index in [1.54, 1.807) is 24.3 Å². The predicted molar refractivity (Wildman–Crippen MR) is 128 cm³/mol. The van der Waals surface area contributed by atoms with Crippen LogP contribution in [-0.4, -0.2) is 36.3 Å². The number of benzene rings is 3. The number of hydrazone groups is 1. The number of hydrogen-bond acceptors (Lipinski definition) is 7. The number of thioether (sulfide) groups is 1. The van der Waals surface area contributed by atoms with Gasteiger partial charge in [0.1, 0.15) is 10.6 Å². The zero-order valence-electron chi connectivity index (χ0n) is 17.6. The highest BCUT2D eigenvalue weighted by Gasteiger charge is 2.16. The standard InChI is InChI=1S/C23H20N4O4S2/c1-16-9-11-19(12-10-16)33(29,30)31-18-6-4-5-17(13-18)14-24-27-22(28)15-32-23-25-20-7-2-3-8-21(20)26-23/h2-14H,15H2,1H3,(H,25,26)(H,27,28)/b24-14-. The number of H-pyrrole nitrogens is 1. The van der Waals surface area contributed by atoms with Gasteiger partial charge in [-0.1, -0.05) is 53.7 Å². The number of aryl methyl sites for hydroxylation is 1. The lowest BCUT2D eigenvalue weighted by Crippen LogP contribution is -2.19. The van der Waals surface area contributed by atoms with Crippen molar-refractivity contribution in [2.75, 3.05) is 5.75 Å². The van der Waals surface area contributed by atoms with E-state index in [2.05, 4.69) is 20.5 Å². The molecule has 3 aromatic carbocycles. The van der Waals surface area contributed by atoms with Crippen molar-refractivity contribution in [3.63, 3.8) is 0 Å². The highest BCUT2D eigenvalue weighted by Crippen LogP contribution is 2.20. The normalized spacial score (nSPS) is 11.7. The number of hydrogen-bond donors (Lipinski definition) is 2. The molecule has 0 aliphatic heterocycles. The molecule has 0 aliphatic rings. The molecule has 0 spiro atoms. The Morgan fingerprint density at radius 1 is 1.12 bits per heavy atom. The molecule has 0 bridgehead atoms. The van der Waals surface area contributed by atoms with E-state index in [4.69, 9.17) is 4.18 Å². The van der Waals surface area contributed by atoms with Gasteiger partial charge in [-0.25, -0.2) is 10.4 Å². The van der Waals surface area contributed by atoms with Crippen LogP contribution in [-0.2, 0) is 14.9 Å². The van der Waals surface area contributed by atoms with Crippen LogP contribution in [0.2, 0.25) is 0 Å². The van der Waals surface area contributed by atoms with E-state index in [0.29, 0.717) is 10.7 Å². The number of nitrogens with zero attached hydrogens (tertiary/aromatic N) is 2. The topological polar surface area (TPSA) is 114 Å². The molecule has 0 radical (unpaired) electrons. The van der Waals surface area contributed by atoms with E-state index >= 15 is 0 Å². The van der Waals surface area contributed by atoms with E-state index in [1.165, 1.54) is 42.2 Å². The van der Waals surface area contributed by atoms with Gasteiger partial charge in [0.25, 0.3) is 5.91 Å². The van der Waals surface area contributed by atoms with Gasteiger partial charge in [-0.15, -0.1) is 0 Å². The quantitative estimate of drug-likeness (QED) is 0.171. The van der Waals surface area contributed by atoms with Crippen molar-refractivity contribution in [2.45, 2.75) is 17.0 Å². The van der Waals surface area contributed by atoms with Crippen LogP contribution in [0.15, 0.2) is 87.9 Å². The Morgan fingerprint density at radius 2 is 1.91 bits per heavy atom. The lowest BCUT2D eigenvalue weighted by molar-refractivity contribution is -0.118. The molecule has 2 N–H and O–H groups in total. The number of rotatable bonds is 8. The van der Waals surface area contributed by atoms with Crippen LogP contribution in [0.25, 0.3) is 11.0 Å². The number of para-hydroxylation sites is 2. The third-order valence-corrected chi connectivity index (χ3v) is 6.62. The molecule has 1 aromatic heterocycles. The largest absolute Gasteiger partial charge is 0.379 e. The third-order valence-electron chi connectivity index (χ3n) is 4.48. The summed E-state index contributed by atoms with van der Waals surface area (Å²) < 4.78 is 30.1. The Kier molecular flexibility index (Phi) is 6.76. The van der Waals surface area contributed by atoms with E-state index < -0.39 is 10.1 Å². The van der Waals surface area contributed by atoms with E-state index in [1.807, 2.05) is 31.2 Å². The lowest BCUT2D eigenvalue weighted by Gasteiger charge is -2.07. The number of aromatic nitrogens is 2. The third kappa shape index (κ3) is 5.99. The molecule has 4 rings (SSSR count). The lowest BCUT2D eigenvalue weighted by atomic mass is 10.2. The van der Waals surface area contributed by atoms with Crippen molar-refractivity contribution in [3.05, 3.63) is 83.9 Å². The first kappa shape index (κ1) is 22.6. The minimum absolute atomic E-state index is 0.0707. The summed E-state index contributed by atoms with van der Waals surface area (Å²) in [4.78, 5) is 19.7. The molecule has 1 amide bonds. The molecule has 0 unspecified atom stereocenters. The second kappa shape index (κ2) is 9.88. The summed E-state index contributed by atoms with van der Waals surface area (Å²) in [6.07, 6.45) is 1.41. The van der Waals surface area contributed by atoms with Crippen molar-refractivity contribution < 1.29 is 17.4 Å². The fraction of sp³-hybridized carbons (Fsp3) is 0.0870. The Balaban J connectivity index is 1.32. The first-order valence-corrected chi connectivity index (χ1v) is 12.3. The summed E-state index contributed by atoms with van der Waals surface area (Å²) in [6.45, 7) is 1.87. The molecule has 10 heteroatoms. The molecule has 168 valence electrons. The van der Waals surface area contributed by atoms with Gasteiger partial charge in [0.15, 0.2) is 5.16 Å². The van der Waals surface area contributed by atoms with Gasteiger partial charge in [-0.2, -0.15) is 13.5 Å². The molecule has 0 fully saturated rings. The van der Waals surface area contributed by atoms with E-state index in [-0.39, 0.29) is 22.3 Å². The molecule has 4 aromatic rings. The van der Waals surface area contributed by atoms with Gasteiger partial charge < -0.3 is 9.17 Å². The molecule has 1 heterocycles. The van der Waals surface area contributed by atoms with Gasteiger partial charge in [-0.3, -0.25) is 4.79 Å². The van der Waals surface area contributed by atoms with Gasteiger partial charge >= 0.3 is 10.1 Å². The van der Waals surface area contributed by atoms with Crippen molar-refractivity contribution in [3.8, 4) is 5.75 Å². The number of carbonyl (C=O) groups is 1. The number of imidazole rings is 1. The van der Waals surface area contributed by atoms with Crippen molar-refractivity contribution in [2.24, 2.45) is 5.10 Å². The van der Waals surface area contributed by atoms with Crippen LogP contribution in [0.4, 0.5) is 0 Å². The number of fused-ring (bicyclic) bond motifs is 1. The van der Waals surface area contributed by atoms with Crippen molar-refractivity contribution in [1.82, 2.24) is 15.4 Å². The smallest absolute Gasteiger partial charge is 0.339 e. The zero-order chi connectivity index (χ0) is 23.3. The maximum atomic E-state index is 12.5. The molecular formula is C23H20N4O4S2. The zero-order valence-corrected chi connectivity index (χ0v) is 19.2. The Morgan fingerprint density at radius 3 is 2.70 bits per heavy atom. The van der Waals surface area contributed by atoms with Crippen molar-refractivity contribution >= 4 is 45.0 Å². The molecule has 0 saturated carbocycles. The fourth-order valence-corrected chi connectivity index (χ4v) is 4.47. The minimum Gasteiger partial charge on any atom is -0.379 e. The molecule has 0 saturated heterocycles. The van der Waals surface area contributed by atoms with Gasteiger partial charge in [0, 0.05) is 0 Å². The Bertz CT molecular complexity index is 1380. The number of aromatic amines is 1. The molecule has 8 nitrogen and oxygen atoms in total. The summed E-state index contributed by atoms with van der Waals surface area (Å²) in [7, 11) is -3.95. The van der Waals surface area contributed by atoms with Crippen LogP contribution < -0.4 is 9.61 Å². The monoisotopic (exact) mass is 480 g/mol. The number of carbonyl (C=O) groups excluding carboxylic acids is 1. The van der Waals surface area contributed by atoms with Crippen LogP contribution in [0.5, 0.6) is 5.75 Å². The summed E-state index contributed by atoms with van der Waals surface area (Å²) >= 11 is 1.27. The molecule has 0 atom stereocenters. The number of amides is 1. The van der Waals surface area contributed by atoms with Crippen LogP contribution in [0, 0.1) is 6.92 Å². The first-order chi connectivity index (χ1) is 15.9. The number of nitrogens with one attached hydrogen (secondary N) is 2. The van der Waals surface area contributed by atoms with E-state index in [0.717, 1.165) is 16.6 Å². The molecule has 0 aliphatic carbocycles. The van der Waals surface area contributed by atoms with E-state index in [9.17, 15) is 13.2 Å². The summed E-state index contributed by atoms with van der Waals surface area (Å²) in [5.41, 5.74) is 5.70. The molecular weight excluding hydrogens is 460 g/mol. The molecule has 33 heavy (non-hydrogen) atoms. The first-order valence-electron chi connectivity index (χ1n) is 9.90. The Labute approximate surface area is 195 Å². The maximum Gasteiger partial charge on any atom is 0.339 e. The average molecular weight is 481 g/mol. The summed E-state index contributed by atoms with van der Waals surface area (Å²) in [5, 5.41) is 4.58. The highest BCUT2D eigenvalue weighted by atomic mass is 32.2. The SMILES string of the molecule is Cc1ccc(S(=O)(=O)Oc2cccc(/C=N\NC(=O)CSc3nc4ccccc4[nH]3)c2)cc1. The van der Waals surface area contributed by atoms with Gasteiger partial charge in [0.05, 0.1) is 23.0 Å². The summed E-state index contributed by atoms with van der Waals surface area (Å²) in [5.74, 6) is -0.0212. The fourth-order valence-electron chi connectivity index (χ4n) is 2.87. The van der Waals surface area contributed by atoms with Gasteiger partial charge in [-0.05, 0) is 48.9 Å². The second-order valence-electron chi connectivity index (χ2n) is 7.06. The Hall–Kier alpha value is -3.63. The second-order valence-corrected chi connectivity index (χ2v) is 9.57. The summed E-state index contributed by atoms with van der Waals surface area (Å²) in [6, 6.07) is 20.4. The van der Waals surface area contributed by atoms with Crippen molar-refractivity contribution in [1.29, 1.82) is 0 Å².